The number of rotatable bonds is 8. The van der Waals surface area contributed by atoms with Crippen molar-refractivity contribution < 1.29 is 4.52 Å². The van der Waals surface area contributed by atoms with E-state index in [1.807, 2.05) is 18.5 Å². The quantitative estimate of drug-likeness (QED) is 0.277. The molecule has 156 valence electrons. The minimum Gasteiger partial charge on any atom is -0.361 e. The number of imidazole rings is 1. The summed E-state index contributed by atoms with van der Waals surface area (Å²) in [5.74, 6) is 2.61. The fourth-order valence-corrected chi connectivity index (χ4v) is 3.12. The molecule has 8 heteroatoms. The molecule has 0 unspecified atom stereocenters. The first kappa shape index (κ1) is 22.9. The monoisotopic (exact) mass is 508 g/mol. The molecule has 1 aromatic carbocycles. The number of guanidine groups is 1. The van der Waals surface area contributed by atoms with Crippen molar-refractivity contribution in [3.63, 3.8) is 0 Å². The van der Waals surface area contributed by atoms with Gasteiger partial charge in [-0.1, -0.05) is 49.3 Å². The Bertz CT molecular complexity index is 882. The minimum atomic E-state index is 0. The molecule has 0 fully saturated rings. The van der Waals surface area contributed by atoms with Crippen molar-refractivity contribution in [2.45, 2.75) is 46.3 Å². The highest BCUT2D eigenvalue weighted by atomic mass is 127. The van der Waals surface area contributed by atoms with E-state index >= 15 is 0 Å². The van der Waals surface area contributed by atoms with Crippen molar-refractivity contribution in [3.8, 4) is 0 Å². The molecule has 0 bridgehead atoms. The summed E-state index contributed by atoms with van der Waals surface area (Å²) in [7, 11) is 1.76. The molecule has 0 saturated heterocycles. The smallest absolute Gasteiger partial charge is 0.191 e. The van der Waals surface area contributed by atoms with Crippen LogP contribution < -0.4 is 10.6 Å². The molecule has 3 rings (SSSR count). The van der Waals surface area contributed by atoms with Crippen LogP contribution in [0, 0.1) is 0 Å². The van der Waals surface area contributed by atoms with Gasteiger partial charge in [0.1, 0.15) is 11.6 Å². The van der Waals surface area contributed by atoms with Crippen LogP contribution in [0.2, 0.25) is 0 Å². The number of halogens is 1. The van der Waals surface area contributed by atoms with Gasteiger partial charge in [0, 0.05) is 44.5 Å². The lowest BCUT2D eigenvalue weighted by Crippen LogP contribution is -2.37. The van der Waals surface area contributed by atoms with Crippen molar-refractivity contribution in [3.05, 3.63) is 71.1 Å². The predicted octanol–water partition coefficient (Wildman–Crippen LogP) is 3.53. The average Bonchev–Trinajstić information content (AvgIpc) is 3.35. The molecule has 0 aliphatic heterocycles. The molecule has 0 aliphatic carbocycles. The second-order valence-electron chi connectivity index (χ2n) is 6.47. The highest BCUT2D eigenvalue weighted by molar-refractivity contribution is 14.0. The zero-order chi connectivity index (χ0) is 19.8. The Hall–Kier alpha value is -2.36. The number of nitrogens with one attached hydrogen (secondary N) is 2. The Morgan fingerprint density at radius 3 is 2.55 bits per heavy atom. The SMILES string of the molecule is CCc1noc(CC)c1CNC(=NC)NCc1nccn1Cc1ccccc1.I. The molecule has 2 aromatic heterocycles. The summed E-state index contributed by atoms with van der Waals surface area (Å²) >= 11 is 0. The van der Waals surface area contributed by atoms with Gasteiger partial charge in [-0.05, 0) is 12.0 Å². The zero-order valence-electron chi connectivity index (χ0n) is 17.2. The molecule has 2 heterocycles. The first-order valence-corrected chi connectivity index (χ1v) is 9.69. The second kappa shape index (κ2) is 11.6. The van der Waals surface area contributed by atoms with E-state index in [1.54, 1.807) is 7.05 Å². The van der Waals surface area contributed by atoms with E-state index in [9.17, 15) is 0 Å². The van der Waals surface area contributed by atoms with E-state index in [0.29, 0.717) is 13.1 Å². The first-order chi connectivity index (χ1) is 13.7. The van der Waals surface area contributed by atoms with E-state index in [1.165, 1.54) is 5.56 Å². The lowest BCUT2D eigenvalue weighted by Gasteiger charge is -2.13. The van der Waals surface area contributed by atoms with Crippen LogP contribution in [0.25, 0.3) is 0 Å². The van der Waals surface area contributed by atoms with Crippen LogP contribution in [0.5, 0.6) is 0 Å². The Labute approximate surface area is 189 Å². The van der Waals surface area contributed by atoms with E-state index in [4.69, 9.17) is 4.52 Å². The van der Waals surface area contributed by atoms with Crippen LogP contribution >= 0.6 is 24.0 Å². The van der Waals surface area contributed by atoms with Gasteiger partial charge in [0.15, 0.2) is 5.96 Å². The lowest BCUT2D eigenvalue weighted by molar-refractivity contribution is 0.380. The molecule has 0 spiro atoms. The number of aryl methyl sites for hydroxylation is 2. The molecule has 3 aromatic rings. The number of aliphatic imine (C=N–C) groups is 1. The molecule has 0 atom stereocenters. The van der Waals surface area contributed by atoms with Gasteiger partial charge >= 0.3 is 0 Å². The van der Waals surface area contributed by atoms with Gasteiger partial charge in [0.05, 0.1) is 12.2 Å². The normalized spacial score (nSPS) is 11.2. The standard InChI is InChI=1S/C21H28N6O.HI/c1-4-18-17(19(5-2)28-26-18)13-24-21(22-3)25-14-20-23-11-12-27(20)15-16-9-7-6-8-10-16;/h6-12H,4-5,13-15H2,1-3H3,(H2,22,24,25);1H. The summed E-state index contributed by atoms with van der Waals surface area (Å²) in [6, 6.07) is 10.4. The van der Waals surface area contributed by atoms with Crippen molar-refractivity contribution in [2.24, 2.45) is 4.99 Å². The van der Waals surface area contributed by atoms with Crippen LogP contribution in [0.1, 0.15) is 42.3 Å². The van der Waals surface area contributed by atoms with Crippen LogP contribution in [0.4, 0.5) is 0 Å². The summed E-state index contributed by atoms with van der Waals surface area (Å²) in [6.07, 6.45) is 5.50. The topological polar surface area (TPSA) is 80.3 Å². The van der Waals surface area contributed by atoms with Crippen molar-refractivity contribution in [2.75, 3.05) is 7.05 Å². The molecule has 0 radical (unpaired) electrons. The number of hydrogen-bond acceptors (Lipinski definition) is 4. The number of benzene rings is 1. The van der Waals surface area contributed by atoms with E-state index in [2.05, 4.69) is 68.4 Å². The van der Waals surface area contributed by atoms with Gasteiger partial charge in [-0.15, -0.1) is 24.0 Å². The summed E-state index contributed by atoms with van der Waals surface area (Å²) in [4.78, 5) is 8.79. The van der Waals surface area contributed by atoms with Crippen molar-refractivity contribution in [1.29, 1.82) is 0 Å². The van der Waals surface area contributed by atoms with Crippen LogP contribution in [-0.2, 0) is 32.5 Å². The largest absolute Gasteiger partial charge is 0.361 e. The highest BCUT2D eigenvalue weighted by Gasteiger charge is 2.14. The molecular weight excluding hydrogens is 479 g/mol. The molecule has 7 nitrogen and oxygen atoms in total. The lowest BCUT2D eigenvalue weighted by atomic mass is 10.1. The Balaban J connectivity index is 0.00000300. The van der Waals surface area contributed by atoms with Gasteiger partial charge in [0.2, 0.25) is 0 Å². The van der Waals surface area contributed by atoms with Gasteiger partial charge in [-0.2, -0.15) is 0 Å². The fraction of sp³-hybridized carbons (Fsp3) is 0.381. The van der Waals surface area contributed by atoms with Crippen LogP contribution in [-0.4, -0.2) is 27.7 Å². The first-order valence-electron chi connectivity index (χ1n) is 9.69. The molecular formula is C21H29IN6O. The summed E-state index contributed by atoms with van der Waals surface area (Å²) in [6.45, 7) is 6.17. The molecule has 2 N–H and O–H groups in total. The van der Waals surface area contributed by atoms with E-state index in [-0.39, 0.29) is 24.0 Å². The summed E-state index contributed by atoms with van der Waals surface area (Å²) < 4.78 is 7.57. The zero-order valence-corrected chi connectivity index (χ0v) is 19.5. The van der Waals surface area contributed by atoms with E-state index < -0.39 is 0 Å². The maximum Gasteiger partial charge on any atom is 0.191 e. The Morgan fingerprint density at radius 2 is 1.86 bits per heavy atom. The van der Waals surface area contributed by atoms with Gasteiger partial charge in [0.25, 0.3) is 0 Å². The van der Waals surface area contributed by atoms with Crippen molar-refractivity contribution in [1.82, 2.24) is 25.3 Å². The molecule has 0 aliphatic rings. The third kappa shape index (κ3) is 6.06. The maximum absolute atomic E-state index is 5.43. The number of hydrogen-bond donors (Lipinski definition) is 2. The Kier molecular flexibility index (Phi) is 9.17. The van der Waals surface area contributed by atoms with Crippen LogP contribution in [0.3, 0.4) is 0 Å². The van der Waals surface area contributed by atoms with Gasteiger partial charge in [-0.25, -0.2) is 4.98 Å². The van der Waals surface area contributed by atoms with Gasteiger partial charge in [-0.3, -0.25) is 4.99 Å². The molecule has 0 amide bonds. The average molecular weight is 508 g/mol. The van der Waals surface area contributed by atoms with Crippen LogP contribution in [0.15, 0.2) is 52.2 Å². The van der Waals surface area contributed by atoms with Gasteiger partial charge < -0.3 is 19.7 Å². The molecule has 29 heavy (non-hydrogen) atoms. The third-order valence-corrected chi connectivity index (χ3v) is 4.67. The molecule has 0 saturated carbocycles. The highest BCUT2D eigenvalue weighted by Crippen LogP contribution is 2.15. The number of aromatic nitrogens is 3. The predicted molar refractivity (Wildman–Crippen MR) is 125 cm³/mol. The summed E-state index contributed by atoms with van der Waals surface area (Å²) in [5, 5.41) is 10.9. The second-order valence-corrected chi connectivity index (χ2v) is 6.47. The minimum absolute atomic E-state index is 0. The van der Waals surface area contributed by atoms with Crippen molar-refractivity contribution >= 4 is 29.9 Å². The fourth-order valence-electron chi connectivity index (χ4n) is 3.12. The number of nitrogens with zero attached hydrogens (tertiary/aromatic N) is 4. The summed E-state index contributed by atoms with van der Waals surface area (Å²) in [5.41, 5.74) is 3.37. The maximum atomic E-state index is 5.43. The third-order valence-electron chi connectivity index (χ3n) is 4.67. The Morgan fingerprint density at radius 1 is 1.10 bits per heavy atom. The van der Waals surface area contributed by atoms with E-state index in [0.717, 1.165) is 48.2 Å².